The van der Waals surface area contributed by atoms with E-state index in [1.54, 1.807) is 35.7 Å². The molecule has 0 amide bonds. The lowest BCUT2D eigenvalue weighted by atomic mass is 10.3. The second-order valence-electron chi connectivity index (χ2n) is 2.93. The third-order valence-electron chi connectivity index (χ3n) is 1.82. The van der Waals surface area contributed by atoms with Gasteiger partial charge in [-0.1, -0.05) is 17.0 Å². The highest BCUT2D eigenvalue weighted by atomic mass is 15.2. The van der Waals surface area contributed by atoms with Gasteiger partial charge in [-0.3, -0.25) is 4.57 Å². The summed E-state index contributed by atoms with van der Waals surface area (Å²) in [6, 6.07) is 0. The SMILES string of the molecule is [N-]=[N+]=NCC#Cc1cnc(-n2ccnc2)nc1. The van der Waals surface area contributed by atoms with Crippen molar-refractivity contribution in [3.63, 3.8) is 0 Å². The van der Waals surface area contributed by atoms with Gasteiger partial charge in [-0.05, 0) is 5.53 Å². The molecule has 0 unspecified atom stereocenters. The van der Waals surface area contributed by atoms with Crippen LogP contribution in [-0.4, -0.2) is 26.1 Å². The Morgan fingerprint density at radius 3 is 2.88 bits per heavy atom. The van der Waals surface area contributed by atoms with Crippen LogP contribution in [0.15, 0.2) is 36.2 Å². The van der Waals surface area contributed by atoms with Crippen LogP contribution < -0.4 is 0 Å². The Bertz CT molecular complexity index is 582. The Kier molecular flexibility index (Phi) is 3.33. The number of hydrogen-bond donors (Lipinski definition) is 0. The first-order chi connectivity index (χ1) is 8.40. The standard InChI is InChI=1S/C10H7N7/c11-16-15-3-1-2-9-6-13-10(14-7-9)17-5-4-12-8-17/h4-8H,3H2. The van der Waals surface area contributed by atoms with E-state index in [9.17, 15) is 0 Å². The minimum atomic E-state index is 0.139. The summed E-state index contributed by atoms with van der Waals surface area (Å²) in [6.07, 6.45) is 8.22. The largest absolute Gasteiger partial charge is 0.274 e. The predicted molar refractivity (Wildman–Crippen MR) is 60.0 cm³/mol. The molecule has 0 aliphatic rings. The van der Waals surface area contributed by atoms with Crippen LogP contribution in [0, 0.1) is 11.8 Å². The van der Waals surface area contributed by atoms with Crippen molar-refractivity contribution in [2.45, 2.75) is 0 Å². The van der Waals surface area contributed by atoms with Crippen molar-refractivity contribution in [1.82, 2.24) is 19.5 Å². The van der Waals surface area contributed by atoms with Gasteiger partial charge in [0.2, 0.25) is 5.95 Å². The highest BCUT2D eigenvalue weighted by Gasteiger charge is 1.97. The molecule has 17 heavy (non-hydrogen) atoms. The number of aromatic nitrogens is 4. The molecular formula is C10H7N7. The van der Waals surface area contributed by atoms with E-state index in [0.29, 0.717) is 11.5 Å². The molecule has 0 spiro atoms. The summed E-state index contributed by atoms with van der Waals surface area (Å²) in [5.41, 5.74) is 8.73. The molecule has 0 fully saturated rings. The number of rotatable bonds is 2. The van der Waals surface area contributed by atoms with Crippen LogP contribution in [0.3, 0.4) is 0 Å². The predicted octanol–water partition coefficient (Wildman–Crippen LogP) is 1.32. The molecule has 2 heterocycles. The first-order valence-electron chi connectivity index (χ1n) is 4.70. The Hall–Kier alpha value is -2.84. The summed E-state index contributed by atoms with van der Waals surface area (Å²) >= 11 is 0. The van der Waals surface area contributed by atoms with Crippen molar-refractivity contribution >= 4 is 0 Å². The lowest BCUT2D eigenvalue weighted by Gasteiger charge is -1.97. The molecule has 0 atom stereocenters. The molecule has 0 aromatic carbocycles. The summed E-state index contributed by atoms with van der Waals surface area (Å²) in [5, 5.41) is 3.30. The molecule has 0 N–H and O–H groups in total. The quantitative estimate of drug-likeness (QED) is 0.334. The van der Waals surface area contributed by atoms with Crippen molar-refractivity contribution in [3.05, 3.63) is 47.1 Å². The molecule has 82 valence electrons. The Balaban J connectivity index is 2.12. The topological polar surface area (TPSA) is 92.4 Å². The fourth-order valence-corrected chi connectivity index (χ4v) is 1.11. The van der Waals surface area contributed by atoms with E-state index in [1.165, 1.54) is 0 Å². The van der Waals surface area contributed by atoms with E-state index in [4.69, 9.17) is 5.53 Å². The molecule has 0 bridgehead atoms. The van der Waals surface area contributed by atoms with Gasteiger partial charge in [0, 0.05) is 29.7 Å². The zero-order valence-corrected chi connectivity index (χ0v) is 8.72. The van der Waals surface area contributed by atoms with Crippen LogP contribution in [0.4, 0.5) is 0 Å². The Morgan fingerprint density at radius 2 is 2.24 bits per heavy atom. The minimum Gasteiger partial charge on any atom is -0.274 e. The second kappa shape index (κ2) is 5.30. The van der Waals surface area contributed by atoms with E-state index >= 15 is 0 Å². The number of hydrogen-bond acceptors (Lipinski definition) is 4. The summed E-state index contributed by atoms with van der Waals surface area (Å²) in [4.78, 5) is 14.7. The zero-order valence-electron chi connectivity index (χ0n) is 8.72. The third kappa shape index (κ3) is 2.81. The summed E-state index contributed by atoms with van der Waals surface area (Å²) in [7, 11) is 0. The lowest BCUT2D eigenvalue weighted by Crippen LogP contribution is -1.97. The maximum atomic E-state index is 8.06. The molecular weight excluding hydrogens is 218 g/mol. The van der Waals surface area contributed by atoms with Crippen LogP contribution in [0.25, 0.3) is 16.4 Å². The number of imidazole rings is 1. The summed E-state index contributed by atoms with van der Waals surface area (Å²) in [5.74, 6) is 6.01. The van der Waals surface area contributed by atoms with Crippen molar-refractivity contribution in [2.75, 3.05) is 6.54 Å². The molecule has 0 saturated heterocycles. The molecule has 2 rings (SSSR count). The maximum absolute atomic E-state index is 8.06. The van der Waals surface area contributed by atoms with E-state index in [0.717, 1.165) is 0 Å². The zero-order chi connectivity index (χ0) is 11.9. The first-order valence-corrected chi connectivity index (χ1v) is 4.70. The van der Waals surface area contributed by atoms with E-state index in [2.05, 4.69) is 36.8 Å². The van der Waals surface area contributed by atoms with E-state index in [-0.39, 0.29) is 6.54 Å². The second-order valence-corrected chi connectivity index (χ2v) is 2.93. The summed E-state index contributed by atoms with van der Waals surface area (Å²) < 4.78 is 1.69. The minimum absolute atomic E-state index is 0.139. The average Bonchev–Trinajstić information content (AvgIpc) is 2.89. The van der Waals surface area contributed by atoms with Gasteiger partial charge in [0.05, 0.1) is 12.1 Å². The van der Waals surface area contributed by atoms with Crippen molar-refractivity contribution in [3.8, 4) is 17.8 Å². The fourth-order valence-electron chi connectivity index (χ4n) is 1.11. The monoisotopic (exact) mass is 225 g/mol. The lowest BCUT2D eigenvalue weighted by molar-refractivity contribution is 0.923. The first kappa shape index (κ1) is 10.7. The van der Waals surface area contributed by atoms with Gasteiger partial charge in [-0.25, -0.2) is 15.0 Å². The van der Waals surface area contributed by atoms with Gasteiger partial charge in [-0.15, -0.1) is 0 Å². The van der Waals surface area contributed by atoms with Crippen LogP contribution in [-0.2, 0) is 0 Å². The van der Waals surface area contributed by atoms with Crippen molar-refractivity contribution < 1.29 is 0 Å². The molecule has 7 nitrogen and oxygen atoms in total. The van der Waals surface area contributed by atoms with Gasteiger partial charge in [0.15, 0.2) is 0 Å². The smallest absolute Gasteiger partial charge is 0.234 e. The van der Waals surface area contributed by atoms with Gasteiger partial charge in [0.1, 0.15) is 6.33 Å². The molecule has 2 aromatic heterocycles. The van der Waals surface area contributed by atoms with E-state index < -0.39 is 0 Å². The van der Waals surface area contributed by atoms with Gasteiger partial charge in [0.25, 0.3) is 0 Å². The maximum Gasteiger partial charge on any atom is 0.234 e. The van der Waals surface area contributed by atoms with Gasteiger partial charge < -0.3 is 0 Å². The highest BCUT2D eigenvalue weighted by molar-refractivity contribution is 5.31. The number of azide groups is 1. The molecule has 0 saturated carbocycles. The highest BCUT2D eigenvalue weighted by Crippen LogP contribution is 1.99. The molecule has 2 aromatic rings. The Labute approximate surface area is 96.8 Å². The number of nitrogens with zero attached hydrogens (tertiary/aromatic N) is 7. The fraction of sp³-hybridized carbons (Fsp3) is 0.100. The summed E-state index contributed by atoms with van der Waals surface area (Å²) in [6.45, 7) is 0.139. The van der Waals surface area contributed by atoms with Gasteiger partial charge in [-0.2, -0.15) is 0 Å². The molecule has 7 heteroatoms. The molecule has 0 aliphatic carbocycles. The van der Waals surface area contributed by atoms with Gasteiger partial charge >= 0.3 is 0 Å². The molecule has 0 radical (unpaired) electrons. The van der Waals surface area contributed by atoms with Crippen LogP contribution in [0.2, 0.25) is 0 Å². The van der Waals surface area contributed by atoms with Crippen LogP contribution in [0.1, 0.15) is 5.56 Å². The Morgan fingerprint density at radius 1 is 1.41 bits per heavy atom. The van der Waals surface area contributed by atoms with Crippen LogP contribution >= 0.6 is 0 Å². The normalized spacial score (nSPS) is 8.94. The van der Waals surface area contributed by atoms with Crippen molar-refractivity contribution in [2.24, 2.45) is 5.11 Å². The van der Waals surface area contributed by atoms with Crippen molar-refractivity contribution in [1.29, 1.82) is 0 Å². The third-order valence-corrected chi connectivity index (χ3v) is 1.82. The molecule has 0 aliphatic heterocycles. The van der Waals surface area contributed by atoms with E-state index in [1.807, 2.05) is 0 Å². The van der Waals surface area contributed by atoms with Crippen LogP contribution in [0.5, 0.6) is 0 Å². The average molecular weight is 225 g/mol.